The summed E-state index contributed by atoms with van der Waals surface area (Å²) in [6.45, 7) is 1.39. The van der Waals surface area contributed by atoms with Crippen LogP contribution in [0.3, 0.4) is 0 Å². The molecule has 2 atom stereocenters. The van der Waals surface area contributed by atoms with Gasteiger partial charge in [-0.15, -0.1) is 0 Å². The first-order chi connectivity index (χ1) is 10.3. The smallest absolute Gasteiger partial charge is 0.141 e. The van der Waals surface area contributed by atoms with E-state index in [0.717, 1.165) is 24.8 Å². The van der Waals surface area contributed by atoms with Gasteiger partial charge in [0.05, 0.1) is 6.04 Å². The van der Waals surface area contributed by atoms with Crippen LogP contribution in [0.1, 0.15) is 35.2 Å². The monoisotopic (exact) mass is 280 g/mol. The normalized spacial score (nSPS) is 21.2. The summed E-state index contributed by atoms with van der Waals surface area (Å²) in [5.41, 5.74) is 9.39. The van der Waals surface area contributed by atoms with Gasteiger partial charge >= 0.3 is 0 Å². The molecule has 0 radical (unpaired) electrons. The zero-order valence-electron chi connectivity index (χ0n) is 12.0. The minimum absolute atomic E-state index is 0.169. The van der Waals surface area contributed by atoms with Gasteiger partial charge in [0.25, 0.3) is 0 Å². The van der Waals surface area contributed by atoms with E-state index in [0.29, 0.717) is 6.54 Å². The number of rotatable bonds is 5. The molecule has 0 aliphatic carbocycles. The number of hydrogen-bond donors (Lipinski definition) is 1. The number of benzene rings is 2. The largest absolute Gasteiger partial charge is 0.330 e. The van der Waals surface area contributed by atoms with Crippen LogP contribution in [0.4, 0.5) is 0 Å². The number of hydrogen-bond acceptors (Lipinski definition) is 3. The molecule has 0 bridgehead atoms. The zero-order chi connectivity index (χ0) is 14.7. The van der Waals surface area contributed by atoms with Crippen LogP contribution in [-0.4, -0.2) is 17.7 Å². The van der Waals surface area contributed by atoms with Crippen molar-refractivity contribution in [2.75, 3.05) is 6.54 Å². The van der Waals surface area contributed by atoms with Crippen LogP contribution in [0.5, 0.6) is 0 Å². The summed E-state index contributed by atoms with van der Waals surface area (Å²) in [7, 11) is 0. The van der Waals surface area contributed by atoms with Crippen LogP contribution in [0.2, 0.25) is 0 Å². The van der Waals surface area contributed by atoms with Gasteiger partial charge in [0, 0.05) is 12.6 Å². The number of nitrogens with zero attached hydrogens (tertiary/aromatic N) is 1. The van der Waals surface area contributed by atoms with E-state index in [2.05, 4.69) is 29.2 Å². The molecule has 108 valence electrons. The molecule has 0 fully saturated rings. The van der Waals surface area contributed by atoms with E-state index in [1.807, 2.05) is 30.3 Å². The maximum Gasteiger partial charge on any atom is 0.141 e. The molecule has 0 aromatic heterocycles. The van der Waals surface area contributed by atoms with E-state index < -0.39 is 0 Å². The molecule has 2 N–H and O–H groups in total. The summed E-state index contributed by atoms with van der Waals surface area (Å²) in [4.78, 5) is 13.9. The Kier molecular flexibility index (Phi) is 4.13. The Morgan fingerprint density at radius 2 is 1.67 bits per heavy atom. The van der Waals surface area contributed by atoms with Gasteiger partial charge in [-0.1, -0.05) is 54.6 Å². The lowest BCUT2D eigenvalue weighted by Crippen LogP contribution is -2.28. The van der Waals surface area contributed by atoms with Crippen molar-refractivity contribution < 1.29 is 4.79 Å². The molecule has 2 unspecified atom stereocenters. The van der Waals surface area contributed by atoms with Crippen molar-refractivity contribution >= 4 is 6.29 Å². The fourth-order valence-corrected chi connectivity index (χ4v) is 3.27. The Hall–Kier alpha value is -1.97. The zero-order valence-corrected chi connectivity index (χ0v) is 12.0. The molecule has 2 aromatic rings. The topological polar surface area (TPSA) is 46.3 Å². The third-order valence-electron chi connectivity index (χ3n) is 4.21. The van der Waals surface area contributed by atoms with Crippen LogP contribution < -0.4 is 5.73 Å². The predicted molar refractivity (Wildman–Crippen MR) is 83.6 cm³/mol. The average molecular weight is 280 g/mol. The molecule has 21 heavy (non-hydrogen) atoms. The summed E-state index contributed by atoms with van der Waals surface area (Å²) in [6, 6.07) is 18.6. The van der Waals surface area contributed by atoms with Gasteiger partial charge < -0.3 is 10.5 Å². The molecule has 0 saturated heterocycles. The van der Waals surface area contributed by atoms with E-state index in [1.165, 1.54) is 11.1 Å². The van der Waals surface area contributed by atoms with Crippen molar-refractivity contribution in [3.05, 3.63) is 71.3 Å². The Morgan fingerprint density at radius 1 is 1.00 bits per heavy atom. The quantitative estimate of drug-likeness (QED) is 0.857. The number of carbonyl (C=O) groups excluding carboxylic acids is 1. The fraction of sp³-hybridized carbons (Fsp3) is 0.278. The minimum Gasteiger partial charge on any atom is -0.330 e. The first kappa shape index (κ1) is 14.0. The summed E-state index contributed by atoms with van der Waals surface area (Å²) in [5.74, 6) is 0. The number of nitrogens with two attached hydrogens (primary N) is 1. The molecule has 3 nitrogen and oxygen atoms in total. The Balaban J connectivity index is 1.95. The third-order valence-corrected chi connectivity index (χ3v) is 4.21. The van der Waals surface area contributed by atoms with Gasteiger partial charge in [-0.3, -0.25) is 4.90 Å². The molecular formula is C18H20N2O. The van der Waals surface area contributed by atoms with E-state index >= 15 is 0 Å². The second-order valence-corrected chi connectivity index (χ2v) is 5.46. The van der Waals surface area contributed by atoms with Gasteiger partial charge in [0.1, 0.15) is 6.29 Å². The maximum absolute atomic E-state index is 11.6. The third kappa shape index (κ3) is 2.62. The van der Waals surface area contributed by atoms with Crippen molar-refractivity contribution in [2.45, 2.75) is 25.0 Å². The van der Waals surface area contributed by atoms with Crippen molar-refractivity contribution in [1.82, 2.24) is 4.90 Å². The minimum atomic E-state index is -0.169. The van der Waals surface area contributed by atoms with Gasteiger partial charge in [0.15, 0.2) is 0 Å². The Labute approximate surface area is 125 Å². The lowest BCUT2D eigenvalue weighted by Gasteiger charge is -2.28. The van der Waals surface area contributed by atoms with Crippen molar-refractivity contribution in [3.8, 4) is 0 Å². The molecule has 1 aliphatic heterocycles. The number of fused-ring (bicyclic) bond motifs is 1. The number of aldehydes is 1. The van der Waals surface area contributed by atoms with E-state index in [-0.39, 0.29) is 12.1 Å². The van der Waals surface area contributed by atoms with Crippen LogP contribution >= 0.6 is 0 Å². The standard InChI is InChI=1S/C18H20N2O/c19-11-10-17-15-8-4-5-9-16(15)18(13-21)20(17)12-14-6-2-1-3-7-14/h1-9,13,17-18H,10-12,19H2. The van der Waals surface area contributed by atoms with Gasteiger partial charge in [-0.05, 0) is 29.7 Å². The van der Waals surface area contributed by atoms with E-state index in [9.17, 15) is 4.79 Å². The van der Waals surface area contributed by atoms with Crippen molar-refractivity contribution in [2.24, 2.45) is 5.73 Å². The van der Waals surface area contributed by atoms with E-state index in [1.54, 1.807) is 0 Å². The maximum atomic E-state index is 11.6. The van der Waals surface area contributed by atoms with Gasteiger partial charge in [-0.2, -0.15) is 0 Å². The molecule has 3 heteroatoms. The highest BCUT2D eigenvalue weighted by Gasteiger charge is 2.37. The molecule has 0 amide bonds. The molecule has 1 aliphatic rings. The molecule has 3 rings (SSSR count). The summed E-state index contributed by atoms with van der Waals surface area (Å²) < 4.78 is 0. The van der Waals surface area contributed by atoms with Crippen molar-refractivity contribution in [1.29, 1.82) is 0 Å². The highest BCUT2D eigenvalue weighted by atomic mass is 16.1. The summed E-state index contributed by atoms with van der Waals surface area (Å²) in [5, 5.41) is 0. The van der Waals surface area contributed by atoms with Crippen LogP contribution in [-0.2, 0) is 11.3 Å². The lowest BCUT2D eigenvalue weighted by molar-refractivity contribution is -0.113. The average Bonchev–Trinajstić information content (AvgIpc) is 2.82. The van der Waals surface area contributed by atoms with Crippen LogP contribution in [0.15, 0.2) is 54.6 Å². The second kappa shape index (κ2) is 6.20. The lowest BCUT2D eigenvalue weighted by atomic mass is 10.0. The Morgan fingerprint density at radius 3 is 2.33 bits per heavy atom. The fourth-order valence-electron chi connectivity index (χ4n) is 3.27. The first-order valence-electron chi connectivity index (χ1n) is 7.39. The van der Waals surface area contributed by atoms with Crippen molar-refractivity contribution in [3.63, 3.8) is 0 Å². The summed E-state index contributed by atoms with van der Waals surface area (Å²) in [6.07, 6.45) is 1.92. The first-order valence-corrected chi connectivity index (χ1v) is 7.39. The van der Waals surface area contributed by atoms with Crippen LogP contribution in [0.25, 0.3) is 0 Å². The predicted octanol–water partition coefficient (Wildman–Crippen LogP) is 2.83. The van der Waals surface area contributed by atoms with Crippen LogP contribution in [0, 0.1) is 0 Å². The van der Waals surface area contributed by atoms with Gasteiger partial charge in [-0.25, -0.2) is 0 Å². The highest BCUT2D eigenvalue weighted by Crippen LogP contribution is 2.43. The molecule has 2 aromatic carbocycles. The van der Waals surface area contributed by atoms with Gasteiger partial charge in [0.2, 0.25) is 0 Å². The second-order valence-electron chi connectivity index (χ2n) is 5.46. The molecule has 0 saturated carbocycles. The molecular weight excluding hydrogens is 260 g/mol. The Bertz CT molecular complexity index is 612. The molecule has 1 heterocycles. The van der Waals surface area contributed by atoms with E-state index in [4.69, 9.17) is 5.73 Å². The number of carbonyl (C=O) groups is 1. The summed E-state index contributed by atoms with van der Waals surface area (Å²) >= 11 is 0. The highest BCUT2D eigenvalue weighted by molar-refractivity contribution is 5.65. The SMILES string of the molecule is NCCC1c2ccccc2C(C=O)N1Cc1ccccc1. The molecule has 0 spiro atoms.